The van der Waals surface area contributed by atoms with Crippen LogP contribution in [0.5, 0.6) is 0 Å². The van der Waals surface area contributed by atoms with Gasteiger partial charge in [0.2, 0.25) is 0 Å². The molecule has 1 amide bonds. The van der Waals surface area contributed by atoms with Gasteiger partial charge in [0.05, 0.1) is 18.2 Å². The zero-order valence-electron chi connectivity index (χ0n) is 16.9. The minimum absolute atomic E-state index is 0.234. The number of amides is 1. The van der Waals surface area contributed by atoms with E-state index in [4.69, 9.17) is 4.74 Å². The van der Waals surface area contributed by atoms with Crippen LogP contribution in [0.25, 0.3) is 10.9 Å². The first-order chi connectivity index (χ1) is 14.8. The predicted molar refractivity (Wildman–Crippen MR) is 123 cm³/mol. The molecule has 2 N–H and O–H groups in total. The molecule has 1 aliphatic heterocycles. The van der Waals surface area contributed by atoms with Crippen molar-refractivity contribution in [3.63, 3.8) is 0 Å². The number of likely N-dealkylation sites (tertiary alicyclic amines) is 1. The summed E-state index contributed by atoms with van der Waals surface area (Å²) in [6.07, 6.45) is 0.0768. The Morgan fingerprint density at radius 2 is 1.97 bits per heavy atom. The van der Waals surface area contributed by atoms with Crippen molar-refractivity contribution in [3.05, 3.63) is 62.4 Å². The third kappa shape index (κ3) is 4.49. The van der Waals surface area contributed by atoms with Crippen molar-refractivity contribution < 1.29 is 19.0 Å². The lowest BCUT2D eigenvalue weighted by Gasteiger charge is -2.41. The number of hydrogen-bond acceptors (Lipinski definition) is 3. The third-order valence-electron chi connectivity index (χ3n) is 6.12. The van der Waals surface area contributed by atoms with Gasteiger partial charge in [0.15, 0.2) is 0 Å². The topological polar surface area (TPSA) is 78.4 Å². The minimum atomic E-state index is -0.914. The molecule has 164 valence electrons. The molecule has 4 rings (SSSR count). The molecule has 1 unspecified atom stereocenters. The Morgan fingerprint density at radius 3 is 2.61 bits per heavy atom. The van der Waals surface area contributed by atoms with Crippen LogP contribution in [0.4, 0.5) is 9.18 Å². The Morgan fingerprint density at radius 1 is 1.29 bits per heavy atom. The van der Waals surface area contributed by atoms with Crippen molar-refractivity contribution in [2.45, 2.75) is 31.3 Å². The van der Waals surface area contributed by atoms with Crippen molar-refractivity contribution in [1.29, 1.82) is 0 Å². The number of hydrogen-bond donors (Lipinski definition) is 2. The molecule has 0 aliphatic carbocycles. The second kappa shape index (κ2) is 8.88. The van der Waals surface area contributed by atoms with Crippen molar-refractivity contribution in [2.24, 2.45) is 0 Å². The average molecular weight is 555 g/mol. The van der Waals surface area contributed by atoms with Crippen LogP contribution in [-0.2, 0) is 10.2 Å². The van der Waals surface area contributed by atoms with Crippen molar-refractivity contribution >= 4 is 48.9 Å². The van der Waals surface area contributed by atoms with Gasteiger partial charge in [0.1, 0.15) is 10.4 Å². The summed E-state index contributed by atoms with van der Waals surface area (Å²) in [6, 6.07) is 10.5. The molecular weight excluding hydrogens is 533 g/mol. The first kappa shape index (κ1) is 22.2. The molecule has 2 heterocycles. The van der Waals surface area contributed by atoms with Gasteiger partial charge in [-0.2, -0.15) is 5.10 Å². The molecule has 1 atom stereocenters. The fraction of sp³-hybridized carbons (Fsp3) is 0.364. The van der Waals surface area contributed by atoms with Crippen LogP contribution in [0.2, 0.25) is 0 Å². The number of nitrogens with zero attached hydrogens (tertiary/aromatic N) is 2. The van der Waals surface area contributed by atoms with E-state index in [1.807, 2.05) is 19.1 Å². The van der Waals surface area contributed by atoms with Crippen LogP contribution in [0.3, 0.4) is 0 Å². The number of H-pyrrole nitrogens is 1. The highest BCUT2D eigenvalue weighted by atomic mass is 79.9. The molecule has 3 aromatic rings. The molecule has 0 saturated carbocycles. The SMILES string of the molecule is CC(OCC1(c2ccc(F)cc2)CCN(C(=O)O)CC1)c1cc(Br)cc2c(Br)n[nH]c12. The third-order valence-corrected chi connectivity index (χ3v) is 7.18. The summed E-state index contributed by atoms with van der Waals surface area (Å²) in [5.74, 6) is -0.294. The first-order valence-corrected chi connectivity index (χ1v) is 11.6. The van der Waals surface area contributed by atoms with Crippen LogP contribution < -0.4 is 0 Å². The highest BCUT2D eigenvalue weighted by molar-refractivity contribution is 9.11. The highest BCUT2D eigenvalue weighted by Gasteiger charge is 2.38. The minimum Gasteiger partial charge on any atom is -0.465 e. The van der Waals surface area contributed by atoms with Crippen molar-refractivity contribution in [1.82, 2.24) is 15.1 Å². The monoisotopic (exact) mass is 553 g/mol. The van der Waals surface area contributed by atoms with E-state index < -0.39 is 6.09 Å². The first-order valence-electron chi connectivity index (χ1n) is 9.98. The zero-order valence-corrected chi connectivity index (χ0v) is 20.0. The van der Waals surface area contributed by atoms with Crippen molar-refractivity contribution in [2.75, 3.05) is 19.7 Å². The number of aromatic nitrogens is 2. The van der Waals surface area contributed by atoms with Gasteiger partial charge < -0.3 is 14.7 Å². The van der Waals surface area contributed by atoms with Crippen LogP contribution in [-0.4, -0.2) is 46.0 Å². The molecule has 1 aromatic heterocycles. The summed E-state index contributed by atoms with van der Waals surface area (Å²) in [5.41, 5.74) is 2.46. The lowest BCUT2D eigenvalue weighted by atomic mass is 9.73. The quantitative estimate of drug-likeness (QED) is 0.404. The van der Waals surface area contributed by atoms with Crippen molar-refractivity contribution in [3.8, 4) is 0 Å². The molecule has 1 aliphatic rings. The number of aromatic amines is 1. The lowest BCUT2D eigenvalue weighted by molar-refractivity contribution is 0.00554. The maximum atomic E-state index is 13.5. The molecule has 1 saturated heterocycles. The Bertz CT molecular complexity index is 1100. The highest BCUT2D eigenvalue weighted by Crippen LogP contribution is 2.39. The van der Waals surface area contributed by atoms with E-state index in [2.05, 4.69) is 42.1 Å². The Kier molecular flexibility index (Phi) is 6.37. The van der Waals surface area contributed by atoms with Gasteiger partial charge in [-0.3, -0.25) is 5.10 Å². The standard InChI is InChI=1S/C22H22Br2FN3O3/c1-13(17-10-15(23)11-18-19(17)26-27-20(18)24)31-12-22(14-2-4-16(25)5-3-14)6-8-28(9-7-22)21(29)30/h2-5,10-11,13H,6-9,12H2,1H3,(H,26,27)(H,29,30). The van der Waals surface area contributed by atoms with Gasteiger partial charge in [0, 0.05) is 33.9 Å². The number of carboxylic acid groups (broad SMARTS) is 1. The van der Waals surface area contributed by atoms with E-state index in [9.17, 15) is 14.3 Å². The van der Waals surface area contributed by atoms with Crippen LogP contribution in [0, 0.1) is 5.82 Å². The molecule has 0 spiro atoms. The van der Waals surface area contributed by atoms with Gasteiger partial charge in [0.25, 0.3) is 0 Å². The van der Waals surface area contributed by atoms with E-state index >= 15 is 0 Å². The molecule has 1 fully saturated rings. The van der Waals surface area contributed by atoms with Crippen LogP contribution in [0.15, 0.2) is 45.5 Å². The maximum absolute atomic E-state index is 13.5. The lowest BCUT2D eigenvalue weighted by Crippen LogP contribution is -2.47. The van der Waals surface area contributed by atoms with E-state index in [-0.39, 0.29) is 17.3 Å². The number of piperidine rings is 1. The summed E-state index contributed by atoms with van der Waals surface area (Å²) >= 11 is 7.02. The zero-order chi connectivity index (χ0) is 22.2. The van der Waals surface area contributed by atoms with Crippen LogP contribution >= 0.6 is 31.9 Å². The second-order valence-corrected chi connectivity index (χ2v) is 9.61. The molecule has 0 bridgehead atoms. The smallest absolute Gasteiger partial charge is 0.407 e. The summed E-state index contributed by atoms with van der Waals surface area (Å²) in [6.45, 7) is 3.22. The Hall–Kier alpha value is -1.97. The van der Waals surface area contributed by atoms with Crippen LogP contribution in [0.1, 0.15) is 37.0 Å². The van der Waals surface area contributed by atoms with Gasteiger partial charge >= 0.3 is 6.09 Å². The molecule has 0 radical (unpaired) electrons. The predicted octanol–water partition coefficient (Wildman–Crippen LogP) is 6.02. The van der Waals surface area contributed by atoms with Gasteiger partial charge in [-0.05, 0) is 65.5 Å². The van der Waals surface area contributed by atoms with Gasteiger partial charge in [-0.25, -0.2) is 9.18 Å². The number of carbonyl (C=O) groups is 1. The van der Waals surface area contributed by atoms with E-state index in [1.165, 1.54) is 17.0 Å². The number of ether oxygens (including phenoxy) is 1. The maximum Gasteiger partial charge on any atom is 0.407 e. The summed E-state index contributed by atoms with van der Waals surface area (Å²) in [4.78, 5) is 12.8. The summed E-state index contributed by atoms with van der Waals surface area (Å²) in [7, 11) is 0. The number of halogens is 3. The van der Waals surface area contributed by atoms with E-state index in [0.29, 0.717) is 32.5 Å². The number of rotatable bonds is 5. The molecule has 2 aromatic carbocycles. The summed E-state index contributed by atoms with van der Waals surface area (Å²) in [5, 5.41) is 17.6. The number of fused-ring (bicyclic) bond motifs is 1. The molecular formula is C22H22Br2FN3O3. The second-order valence-electron chi connectivity index (χ2n) is 7.94. The fourth-order valence-electron chi connectivity index (χ4n) is 4.22. The van der Waals surface area contributed by atoms with E-state index in [0.717, 1.165) is 31.1 Å². The van der Waals surface area contributed by atoms with Gasteiger partial charge in [-0.1, -0.05) is 28.1 Å². The Balaban J connectivity index is 1.60. The number of benzene rings is 2. The Labute approximate surface area is 196 Å². The largest absolute Gasteiger partial charge is 0.465 e. The van der Waals surface area contributed by atoms with E-state index in [1.54, 1.807) is 12.1 Å². The van der Waals surface area contributed by atoms with Gasteiger partial charge in [-0.15, -0.1) is 0 Å². The average Bonchev–Trinajstić information content (AvgIpc) is 3.12. The molecule has 31 heavy (non-hydrogen) atoms. The summed E-state index contributed by atoms with van der Waals surface area (Å²) < 4.78 is 21.6. The number of nitrogens with one attached hydrogen (secondary N) is 1. The molecule has 9 heteroatoms. The molecule has 6 nitrogen and oxygen atoms in total. The fourth-order valence-corrected chi connectivity index (χ4v) is 5.10. The normalized spacial score (nSPS) is 17.1.